The van der Waals surface area contributed by atoms with Gasteiger partial charge in [-0.05, 0) is 83.2 Å². The van der Waals surface area contributed by atoms with Crippen LogP contribution < -0.4 is 0 Å². The van der Waals surface area contributed by atoms with Crippen molar-refractivity contribution in [1.82, 2.24) is 0 Å². The summed E-state index contributed by atoms with van der Waals surface area (Å²) in [4.78, 5) is 25.6. The monoisotopic (exact) mass is 498 g/mol. The minimum atomic E-state index is -0.961. The first-order chi connectivity index (χ1) is 17.0. The highest BCUT2D eigenvalue weighted by atomic mass is 32.2. The molecule has 0 aliphatic heterocycles. The van der Waals surface area contributed by atoms with Gasteiger partial charge < -0.3 is 5.11 Å². The molecule has 186 valence electrons. The van der Waals surface area contributed by atoms with Crippen molar-refractivity contribution in [2.75, 3.05) is 0 Å². The summed E-state index contributed by atoms with van der Waals surface area (Å²) in [6, 6.07) is 19.4. The van der Waals surface area contributed by atoms with Gasteiger partial charge in [-0.3, -0.25) is 4.79 Å². The Bertz CT molecular complexity index is 1310. The van der Waals surface area contributed by atoms with Gasteiger partial charge in [0, 0.05) is 16.2 Å². The normalized spacial score (nSPS) is 16.0. The number of aromatic carboxylic acids is 1. The molecule has 3 aromatic carbocycles. The Morgan fingerprint density at radius 3 is 2.17 bits per heavy atom. The second-order valence-corrected chi connectivity index (χ2v) is 12.1. The van der Waals surface area contributed by atoms with Crippen LogP contribution in [0.4, 0.5) is 0 Å². The van der Waals surface area contributed by atoms with Crippen molar-refractivity contribution < 1.29 is 14.7 Å². The van der Waals surface area contributed by atoms with E-state index in [0.29, 0.717) is 5.56 Å². The Labute approximate surface area is 218 Å². The second kappa shape index (κ2) is 10.1. The molecule has 0 fully saturated rings. The Morgan fingerprint density at radius 1 is 0.889 bits per heavy atom. The van der Waals surface area contributed by atoms with Crippen LogP contribution in [0.15, 0.2) is 71.6 Å². The van der Waals surface area contributed by atoms with Crippen LogP contribution in [0, 0.1) is 6.92 Å². The smallest absolute Gasteiger partial charge is 0.335 e. The van der Waals surface area contributed by atoms with Crippen molar-refractivity contribution in [1.29, 1.82) is 0 Å². The van der Waals surface area contributed by atoms with E-state index in [1.54, 1.807) is 36.4 Å². The van der Waals surface area contributed by atoms with E-state index in [2.05, 4.69) is 71.0 Å². The highest BCUT2D eigenvalue weighted by Crippen LogP contribution is 2.50. The van der Waals surface area contributed by atoms with E-state index in [0.717, 1.165) is 24.2 Å². The van der Waals surface area contributed by atoms with Crippen molar-refractivity contribution in [2.45, 2.75) is 68.9 Å². The van der Waals surface area contributed by atoms with Gasteiger partial charge >= 0.3 is 5.97 Å². The van der Waals surface area contributed by atoms with Crippen LogP contribution in [0.5, 0.6) is 0 Å². The predicted molar refractivity (Wildman–Crippen MR) is 149 cm³/mol. The number of hydrogen-bond donors (Lipinski definition) is 1. The third-order valence-corrected chi connectivity index (χ3v) is 8.38. The van der Waals surface area contributed by atoms with Gasteiger partial charge in [0.1, 0.15) is 0 Å². The maximum atomic E-state index is 13.3. The molecule has 4 rings (SSSR count). The van der Waals surface area contributed by atoms with Crippen LogP contribution in [-0.2, 0) is 16.6 Å². The fourth-order valence-electron chi connectivity index (χ4n) is 4.84. The molecule has 1 aliphatic rings. The summed E-state index contributed by atoms with van der Waals surface area (Å²) in [6.07, 6.45) is 5.54. The van der Waals surface area contributed by atoms with Crippen molar-refractivity contribution in [2.24, 2.45) is 0 Å². The second-order valence-electron chi connectivity index (χ2n) is 11.1. The topological polar surface area (TPSA) is 54.4 Å². The van der Waals surface area contributed by atoms with Gasteiger partial charge in [-0.25, -0.2) is 4.79 Å². The molecule has 36 heavy (non-hydrogen) atoms. The fraction of sp³-hybridized carbons (Fsp3) is 0.312. The number of allylic oxidation sites excluding steroid dienone is 1. The molecule has 0 amide bonds. The first-order valence-electron chi connectivity index (χ1n) is 12.4. The van der Waals surface area contributed by atoms with E-state index in [1.807, 2.05) is 11.8 Å². The summed E-state index contributed by atoms with van der Waals surface area (Å²) in [7, 11) is 0. The average Bonchev–Trinajstić information content (AvgIpc) is 2.85. The molecule has 0 saturated carbocycles. The third-order valence-electron chi connectivity index (χ3n) is 7.27. The molecule has 1 N–H and O–H groups in total. The van der Waals surface area contributed by atoms with E-state index in [9.17, 15) is 9.59 Å². The molecule has 3 nitrogen and oxygen atoms in total. The summed E-state index contributed by atoms with van der Waals surface area (Å²) < 4.78 is 0. The predicted octanol–water partition coefficient (Wildman–Crippen LogP) is 8.23. The van der Waals surface area contributed by atoms with E-state index < -0.39 is 5.97 Å². The van der Waals surface area contributed by atoms with E-state index in [-0.39, 0.29) is 22.2 Å². The van der Waals surface area contributed by atoms with Crippen molar-refractivity contribution in [3.63, 3.8) is 0 Å². The number of ketones is 1. The number of fused-ring (bicyclic) bond motifs is 1. The van der Waals surface area contributed by atoms with Crippen LogP contribution in [0.3, 0.4) is 0 Å². The standard InChI is InChI=1S/C32H34O3S/c1-21-6-8-23(9-7-21)20-36-28-19-25(18-26-29(28)32(4,5)17-16-31(26,2)3)27(33)15-12-22-10-13-24(14-11-22)30(34)35/h6-15,18-19H,16-17,20H2,1-5H3,(H,34,35)/b15-12+. The molecule has 0 atom stereocenters. The van der Waals surface area contributed by atoms with Gasteiger partial charge in [0.25, 0.3) is 0 Å². The minimum absolute atomic E-state index is 0.00328. The maximum Gasteiger partial charge on any atom is 0.335 e. The number of carboxylic acid groups (broad SMARTS) is 1. The average molecular weight is 499 g/mol. The fourth-order valence-corrected chi connectivity index (χ4v) is 6.09. The number of carbonyl (C=O) groups is 2. The molecule has 3 aromatic rings. The zero-order valence-electron chi connectivity index (χ0n) is 21.7. The Hall–Kier alpha value is -3.11. The first kappa shape index (κ1) is 26.0. The lowest BCUT2D eigenvalue weighted by molar-refractivity contribution is 0.0696. The van der Waals surface area contributed by atoms with Crippen LogP contribution >= 0.6 is 11.8 Å². The number of rotatable bonds is 7. The molecule has 0 aromatic heterocycles. The molecule has 0 saturated heterocycles. The maximum absolute atomic E-state index is 13.3. The van der Waals surface area contributed by atoms with Gasteiger partial charge in [-0.15, -0.1) is 11.8 Å². The van der Waals surface area contributed by atoms with Gasteiger partial charge in [0.05, 0.1) is 5.56 Å². The lowest BCUT2D eigenvalue weighted by atomic mass is 9.63. The number of aryl methyl sites for hydroxylation is 1. The molecular formula is C32H34O3S. The van der Waals surface area contributed by atoms with E-state index >= 15 is 0 Å². The van der Waals surface area contributed by atoms with Crippen LogP contribution in [0.25, 0.3) is 6.08 Å². The minimum Gasteiger partial charge on any atom is -0.478 e. The number of carboxylic acids is 1. The lowest BCUT2D eigenvalue weighted by Crippen LogP contribution is -2.34. The molecular weight excluding hydrogens is 464 g/mol. The summed E-state index contributed by atoms with van der Waals surface area (Å²) in [5.41, 5.74) is 6.94. The Balaban J connectivity index is 1.69. The quantitative estimate of drug-likeness (QED) is 0.202. The van der Waals surface area contributed by atoms with Gasteiger partial charge in [-0.2, -0.15) is 0 Å². The zero-order valence-corrected chi connectivity index (χ0v) is 22.5. The first-order valence-corrected chi connectivity index (χ1v) is 13.4. The molecule has 0 heterocycles. The van der Waals surface area contributed by atoms with Crippen molar-refractivity contribution in [3.8, 4) is 0 Å². The number of carbonyl (C=O) groups excluding carboxylic acids is 1. The molecule has 0 radical (unpaired) electrons. The molecule has 0 spiro atoms. The largest absolute Gasteiger partial charge is 0.478 e. The number of thioether (sulfide) groups is 1. The van der Waals surface area contributed by atoms with Crippen molar-refractivity contribution >= 4 is 29.6 Å². The molecule has 1 aliphatic carbocycles. The SMILES string of the molecule is Cc1ccc(CSc2cc(C(=O)/C=C/c3ccc(C(=O)O)cc3)cc3c2C(C)(C)CCC3(C)C)cc1. The molecule has 0 bridgehead atoms. The lowest BCUT2D eigenvalue weighted by Gasteiger charge is -2.43. The van der Waals surface area contributed by atoms with Gasteiger partial charge in [0.2, 0.25) is 0 Å². The van der Waals surface area contributed by atoms with Crippen molar-refractivity contribution in [3.05, 3.63) is 106 Å². The molecule has 0 unspecified atom stereocenters. The van der Waals surface area contributed by atoms with E-state index in [4.69, 9.17) is 5.11 Å². The van der Waals surface area contributed by atoms with Crippen LogP contribution in [0.1, 0.15) is 89.1 Å². The summed E-state index contributed by atoms with van der Waals surface area (Å²) in [5, 5.41) is 9.10. The highest BCUT2D eigenvalue weighted by molar-refractivity contribution is 7.98. The van der Waals surface area contributed by atoms with E-state index in [1.165, 1.54) is 27.1 Å². The number of hydrogen-bond acceptors (Lipinski definition) is 3. The third kappa shape index (κ3) is 5.65. The molecule has 4 heteroatoms. The van der Waals surface area contributed by atoms with Crippen LogP contribution in [-0.4, -0.2) is 16.9 Å². The Kier molecular flexibility index (Phi) is 7.28. The number of benzene rings is 3. The zero-order chi connectivity index (χ0) is 26.1. The highest BCUT2D eigenvalue weighted by Gasteiger charge is 2.39. The summed E-state index contributed by atoms with van der Waals surface area (Å²) in [5.74, 6) is -0.152. The Morgan fingerprint density at radius 2 is 1.53 bits per heavy atom. The van der Waals surface area contributed by atoms with Gasteiger partial charge in [-0.1, -0.05) is 75.7 Å². The van der Waals surface area contributed by atoms with Gasteiger partial charge in [0.15, 0.2) is 5.78 Å². The summed E-state index contributed by atoms with van der Waals surface area (Å²) in [6.45, 7) is 11.3. The van der Waals surface area contributed by atoms with Crippen LogP contribution in [0.2, 0.25) is 0 Å². The summed E-state index contributed by atoms with van der Waals surface area (Å²) >= 11 is 1.82.